The molecule has 0 aromatic heterocycles. The number of nitrogens with one attached hydrogen (secondary N) is 1. The molecule has 0 saturated carbocycles. The molecule has 0 bridgehead atoms. The number of ether oxygens (including phenoxy) is 2. The van der Waals surface area contributed by atoms with E-state index in [1.165, 1.54) is 5.56 Å². The van der Waals surface area contributed by atoms with Crippen molar-refractivity contribution >= 4 is 37.5 Å². The highest BCUT2D eigenvalue weighted by molar-refractivity contribution is 9.11. The molecule has 2 rings (SSSR count). The van der Waals surface area contributed by atoms with Crippen LogP contribution in [-0.2, 0) is 6.54 Å². The third-order valence-electron chi connectivity index (χ3n) is 3.10. The second-order valence-electron chi connectivity index (χ2n) is 4.65. The summed E-state index contributed by atoms with van der Waals surface area (Å²) in [6, 6.07) is 10.2. The SMILES string of the molecule is COc1cc(CNc2cc(C)ccc2Br)cc(Br)c1OC. The molecule has 0 radical (unpaired) electrons. The summed E-state index contributed by atoms with van der Waals surface area (Å²) < 4.78 is 12.6. The minimum absolute atomic E-state index is 0.695. The number of hydrogen-bond donors (Lipinski definition) is 1. The molecule has 0 saturated heterocycles. The maximum atomic E-state index is 5.36. The van der Waals surface area contributed by atoms with Gasteiger partial charge in [0.1, 0.15) is 0 Å². The summed E-state index contributed by atoms with van der Waals surface area (Å²) >= 11 is 7.06. The maximum absolute atomic E-state index is 5.36. The summed E-state index contributed by atoms with van der Waals surface area (Å²) in [5.41, 5.74) is 3.39. The van der Waals surface area contributed by atoms with Crippen molar-refractivity contribution in [2.45, 2.75) is 13.5 Å². The standard InChI is InChI=1S/C16H17Br2NO2/c1-10-4-5-12(17)14(6-10)19-9-11-7-13(18)16(21-3)15(8-11)20-2/h4-8,19H,9H2,1-3H3. The van der Waals surface area contributed by atoms with Gasteiger partial charge in [-0.25, -0.2) is 0 Å². The van der Waals surface area contributed by atoms with E-state index in [-0.39, 0.29) is 0 Å². The van der Waals surface area contributed by atoms with Crippen molar-refractivity contribution in [2.75, 3.05) is 19.5 Å². The van der Waals surface area contributed by atoms with Crippen LogP contribution < -0.4 is 14.8 Å². The highest BCUT2D eigenvalue weighted by Crippen LogP contribution is 2.36. The molecule has 0 spiro atoms. The molecule has 112 valence electrons. The Kier molecular flexibility index (Phi) is 5.53. The van der Waals surface area contributed by atoms with Crippen LogP contribution in [0.2, 0.25) is 0 Å². The number of halogens is 2. The van der Waals surface area contributed by atoms with E-state index in [2.05, 4.69) is 56.2 Å². The van der Waals surface area contributed by atoms with E-state index in [1.807, 2.05) is 18.2 Å². The van der Waals surface area contributed by atoms with Crippen molar-refractivity contribution < 1.29 is 9.47 Å². The van der Waals surface area contributed by atoms with Crippen molar-refractivity contribution in [3.05, 3.63) is 50.4 Å². The Bertz CT molecular complexity index is 644. The normalized spacial score (nSPS) is 10.3. The number of anilines is 1. The summed E-state index contributed by atoms with van der Waals surface area (Å²) in [7, 11) is 3.27. The topological polar surface area (TPSA) is 30.5 Å². The monoisotopic (exact) mass is 413 g/mol. The van der Waals surface area contributed by atoms with Gasteiger partial charge in [0.2, 0.25) is 0 Å². The largest absolute Gasteiger partial charge is 0.493 e. The molecule has 2 aromatic carbocycles. The molecule has 5 heteroatoms. The summed E-state index contributed by atoms with van der Waals surface area (Å²) in [5.74, 6) is 1.42. The second-order valence-corrected chi connectivity index (χ2v) is 6.36. The number of rotatable bonds is 5. The van der Waals surface area contributed by atoms with Crippen molar-refractivity contribution in [3.63, 3.8) is 0 Å². The fourth-order valence-corrected chi connectivity index (χ4v) is 3.08. The zero-order valence-corrected chi connectivity index (χ0v) is 15.3. The number of aryl methyl sites for hydroxylation is 1. The Labute approximate surface area is 141 Å². The zero-order valence-electron chi connectivity index (χ0n) is 12.2. The van der Waals surface area contributed by atoms with E-state index in [0.717, 1.165) is 20.2 Å². The van der Waals surface area contributed by atoms with Gasteiger partial charge in [0.05, 0.1) is 18.7 Å². The number of hydrogen-bond acceptors (Lipinski definition) is 3. The van der Waals surface area contributed by atoms with Crippen LogP contribution in [0.25, 0.3) is 0 Å². The van der Waals surface area contributed by atoms with E-state index in [9.17, 15) is 0 Å². The van der Waals surface area contributed by atoms with E-state index in [4.69, 9.17) is 9.47 Å². The molecular formula is C16H17Br2NO2. The fourth-order valence-electron chi connectivity index (χ4n) is 2.05. The van der Waals surface area contributed by atoms with E-state index < -0.39 is 0 Å². The third kappa shape index (κ3) is 3.92. The second kappa shape index (κ2) is 7.18. The molecule has 0 unspecified atom stereocenters. The van der Waals surface area contributed by atoms with Crippen molar-refractivity contribution in [3.8, 4) is 11.5 Å². The van der Waals surface area contributed by atoms with Crippen LogP contribution in [-0.4, -0.2) is 14.2 Å². The van der Waals surface area contributed by atoms with E-state index >= 15 is 0 Å². The van der Waals surface area contributed by atoms with Crippen molar-refractivity contribution in [1.82, 2.24) is 0 Å². The minimum Gasteiger partial charge on any atom is -0.493 e. The smallest absolute Gasteiger partial charge is 0.174 e. The Morgan fingerprint density at radius 3 is 2.43 bits per heavy atom. The maximum Gasteiger partial charge on any atom is 0.174 e. The average molecular weight is 415 g/mol. The molecule has 0 aliphatic carbocycles. The van der Waals surface area contributed by atoms with Crippen LogP contribution >= 0.6 is 31.9 Å². The van der Waals surface area contributed by atoms with Crippen molar-refractivity contribution in [1.29, 1.82) is 0 Å². The Morgan fingerprint density at radius 2 is 1.76 bits per heavy atom. The Morgan fingerprint density at radius 1 is 1.00 bits per heavy atom. The molecule has 0 aliphatic rings. The summed E-state index contributed by atoms with van der Waals surface area (Å²) in [4.78, 5) is 0. The summed E-state index contributed by atoms with van der Waals surface area (Å²) in [6.07, 6.45) is 0. The lowest BCUT2D eigenvalue weighted by molar-refractivity contribution is 0.352. The van der Waals surface area contributed by atoms with Gasteiger partial charge in [0.25, 0.3) is 0 Å². The first kappa shape index (κ1) is 16.2. The van der Waals surface area contributed by atoms with Gasteiger partial charge in [-0.05, 0) is 74.2 Å². The molecule has 0 heterocycles. The lowest BCUT2D eigenvalue weighted by Crippen LogP contribution is -2.02. The first-order valence-electron chi connectivity index (χ1n) is 6.45. The van der Waals surface area contributed by atoms with Crippen LogP contribution in [0.5, 0.6) is 11.5 Å². The summed E-state index contributed by atoms with van der Waals surface area (Å²) in [5, 5.41) is 3.42. The van der Waals surface area contributed by atoms with E-state index in [1.54, 1.807) is 14.2 Å². The van der Waals surface area contributed by atoms with Crippen LogP contribution in [0.15, 0.2) is 39.3 Å². The number of benzene rings is 2. The van der Waals surface area contributed by atoms with Crippen molar-refractivity contribution in [2.24, 2.45) is 0 Å². The molecule has 0 atom stereocenters. The van der Waals surface area contributed by atoms with Gasteiger partial charge in [-0.15, -0.1) is 0 Å². The van der Waals surface area contributed by atoms with Crippen LogP contribution in [0.1, 0.15) is 11.1 Å². The molecule has 3 nitrogen and oxygen atoms in total. The predicted octanol–water partition coefficient (Wildman–Crippen LogP) is 5.15. The fraction of sp³-hybridized carbons (Fsp3) is 0.250. The van der Waals surface area contributed by atoms with Gasteiger partial charge in [0, 0.05) is 16.7 Å². The van der Waals surface area contributed by atoms with E-state index in [0.29, 0.717) is 18.0 Å². The highest BCUT2D eigenvalue weighted by Gasteiger charge is 2.10. The van der Waals surface area contributed by atoms with Gasteiger partial charge in [-0.1, -0.05) is 6.07 Å². The third-order valence-corrected chi connectivity index (χ3v) is 4.38. The van der Waals surface area contributed by atoms with Gasteiger partial charge < -0.3 is 14.8 Å². The van der Waals surface area contributed by atoms with Crippen LogP contribution in [0, 0.1) is 6.92 Å². The molecule has 21 heavy (non-hydrogen) atoms. The Balaban J connectivity index is 2.20. The molecule has 0 aliphatic heterocycles. The highest BCUT2D eigenvalue weighted by atomic mass is 79.9. The first-order valence-corrected chi connectivity index (χ1v) is 8.04. The lowest BCUT2D eigenvalue weighted by atomic mass is 10.2. The van der Waals surface area contributed by atoms with Gasteiger partial charge in [0.15, 0.2) is 11.5 Å². The lowest BCUT2D eigenvalue weighted by Gasteiger charge is -2.14. The predicted molar refractivity (Wildman–Crippen MR) is 93.5 cm³/mol. The molecule has 2 aromatic rings. The molecule has 1 N–H and O–H groups in total. The average Bonchev–Trinajstić information content (AvgIpc) is 2.47. The first-order chi connectivity index (χ1) is 10.0. The van der Waals surface area contributed by atoms with Gasteiger partial charge in [-0.2, -0.15) is 0 Å². The summed E-state index contributed by atoms with van der Waals surface area (Å²) in [6.45, 7) is 2.77. The van der Waals surface area contributed by atoms with Crippen LogP contribution in [0.3, 0.4) is 0 Å². The van der Waals surface area contributed by atoms with Gasteiger partial charge in [-0.3, -0.25) is 0 Å². The quantitative estimate of drug-likeness (QED) is 0.733. The zero-order chi connectivity index (χ0) is 15.4. The Hall–Kier alpha value is -1.20. The number of methoxy groups -OCH3 is 2. The molecular weight excluding hydrogens is 398 g/mol. The van der Waals surface area contributed by atoms with Gasteiger partial charge >= 0.3 is 0 Å². The molecule has 0 fully saturated rings. The minimum atomic E-state index is 0.695. The molecule has 0 amide bonds. The van der Waals surface area contributed by atoms with Crippen LogP contribution in [0.4, 0.5) is 5.69 Å².